The standard InChI is InChI=1S/C24H26N2O6S/c1-16(27)17-5-8-22(9-6-17)33(29,30)26(15-21-4-3-11-32-21)14-19-12-18-13-20(31-2)7-10-23(18)25-24(19)28/h5-10,12-13,21H,3-4,11,14-15H2,1-2H3,(H,25,28). The summed E-state index contributed by atoms with van der Waals surface area (Å²) in [6.45, 7) is 2.03. The summed E-state index contributed by atoms with van der Waals surface area (Å²) in [5.41, 5.74) is 1.03. The van der Waals surface area contributed by atoms with Gasteiger partial charge in [0.1, 0.15) is 5.75 Å². The first-order valence-corrected chi connectivity index (χ1v) is 12.1. The predicted molar refractivity (Wildman–Crippen MR) is 124 cm³/mol. The van der Waals surface area contributed by atoms with Crippen LogP contribution in [0.5, 0.6) is 5.75 Å². The van der Waals surface area contributed by atoms with E-state index >= 15 is 0 Å². The number of aromatic nitrogens is 1. The van der Waals surface area contributed by atoms with Crippen molar-refractivity contribution in [1.29, 1.82) is 0 Å². The number of pyridine rings is 1. The first-order chi connectivity index (χ1) is 15.8. The van der Waals surface area contributed by atoms with E-state index in [-0.39, 0.29) is 35.4 Å². The van der Waals surface area contributed by atoms with Crippen LogP contribution in [0.3, 0.4) is 0 Å². The van der Waals surface area contributed by atoms with E-state index in [0.717, 1.165) is 18.2 Å². The van der Waals surface area contributed by atoms with Gasteiger partial charge in [0.2, 0.25) is 10.0 Å². The Bertz CT molecular complexity index is 1330. The summed E-state index contributed by atoms with van der Waals surface area (Å²) in [4.78, 5) is 27.2. The maximum Gasteiger partial charge on any atom is 0.252 e. The molecular formula is C24H26N2O6S. The summed E-state index contributed by atoms with van der Waals surface area (Å²) in [6, 6.07) is 12.8. The summed E-state index contributed by atoms with van der Waals surface area (Å²) in [6.07, 6.45) is 1.37. The minimum absolute atomic E-state index is 0.0596. The Morgan fingerprint density at radius 2 is 1.94 bits per heavy atom. The highest BCUT2D eigenvalue weighted by molar-refractivity contribution is 7.89. The molecule has 3 aromatic rings. The van der Waals surface area contributed by atoms with E-state index in [0.29, 0.717) is 29.0 Å². The molecule has 2 aromatic carbocycles. The summed E-state index contributed by atoms with van der Waals surface area (Å²) < 4.78 is 39.3. The fourth-order valence-corrected chi connectivity index (χ4v) is 5.39. The Balaban J connectivity index is 1.72. The number of carbonyl (C=O) groups excluding carboxylic acids is 1. The minimum Gasteiger partial charge on any atom is -0.497 e. The third kappa shape index (κ3) is 5.00. The molecule has 0 amide bonds. The number of Topliss-reactive ketones (excluding diaryl/α,β-unsaturated/α-hetero) is 1. The third-order valence-electron chi connectivity index (χ3n) is 5.80. The van der Waals surface area contributed by atoms with Crippen molar-refractivity contribution in [1.82, 2.24) is 9.29 Å². The van der Waals surface area contributed by atoms with Crippen LogP contribution in [-0.4, -0.2) is 49.9 Å². The lowest BCUT2D eigenvalue weighted by Gasteiger charge is -2.25. The Kier molecular flexibility index (Phi) is 6.64. The topological polar surface area (TPSA) is 106 Å². The summed E-state index contributed by atoms with van der Waals surface area (Å²) in [7, 11) is -2.39. The van der Waals surface area contributed by atoms with Crippen LogP contribution in [0.2, 0.25) is 0 Å². The fourth-order valence-electron chi connectivity index (χ4n) is 3.94. The van der Waals surface area contributed by atoms with Gasteiger partial charge in [-0.1, -0.05) is 12.1 Å². The van der Waals surface area contributed by atoms with Crippen molar-refractivity contribution in [3.63, 3.8) is 0 Å². The van der Waals surface area contributed by atoms with Crippen LogP contribution in [-0.2, 0) is 21.3 Å². The number of hydrogen-bond acceptors (Lipinski definition) is 6. The molecule has 4 rings (SSSR count). The number of hydrogen-bond donors (Lipinski definition) is 1. The summed E-state index contributed by atoms with van der Waals surface area (Å²) >= 11 is 0. The van der Waals surface area contributed by atoms with Crippen LogP contribution in [0.25, 0.3) is 10.9 Å². The van der Waals surface area contributed by atoms with Gasteiger partial charge in [-0.15, -0.1) is 0 Å². The number of aromatic amines is 1. The number of H-pyrrole nitrogens is 1. The van der Waals surface area contributed by atoms with Crippen molar-refractivity contribution < 1.29 is 22.7 Å². The zero-order valence-electron chi connectivity index (χ0n) is 18.5. The highest BCUT2D eigenvalue weighted by Crippen LogP contribution is 2.24. The second kappa shape index (κ2) is 9.46. The minimum atomic E-state index is -3.95. The number of methoxy groups -OCH3 is 1. The highest BCUT2D eigenvalue weighted by atomic mass is 32.2. The largest absolute Gasteiger partial charge is 0.497 e. The number of ether oxygens (including phenoxy) is 2. The SMILES string of the molecule is COc1ccc2[nH]c(=O)c(CN(CC3CCCO3)S(=O)(=O)c3ccc(C(C)=O)cc3)cc2c1. The van der Waals surface area contributed by atoms with Gasteiger partial charge in [0.25, 0.3) is 5.56 Å². The average Bonchev–Trinajstić information content (AvgIpc) is 3.32. The molecule has 0 aliphatic carbocycles. The summed E-state index contributed by atoms with van der Waals surface area (Å²) in [5.74, 6) is 0.489. The van der Waals surface area contributed by atoms with Gasteiger partial charge >= 0.3 is 0 Å². The van der Waals surface area contributed by atoms with E-state index in [4.69, 9.17) is 9.47 Å². The van der Waals surface area contributed by atoms with Crippen molar-refractivity contribution in [3.05, 3.63) is 70.0 Å². The van der Waals surface area contributed by atoms with Crippen molar-refractivity contribution in [2.45, 2.75) is 37.3 Å². The van der Waals surface area contributed by atoms with E-state index < -0.39 is 10.0 Å². The molecule has 0 spiro atoms. The average molecular weight is 471 g/mol. The number of ketones is 1. The Morgan fingerprint density at radius 1 is 1.18 bits per heavy atom. The first kappa shape index (κ1) is 23.2. The molecular weight excluding hydrogens is 444 g/mol. The molecule has 1 aliphatic heterocycles. The molecule has 0 radical (unpaired) electrons. The van der Waals surface area contributed by atoms with Crippen molar-refractivity contribution in [2.75, 3.05) is 20.3 Å². The molecule has 8 nitrogen and oxygen atoms in total. The zero-order chi connectivity index (χ0) is 23.6. The molecule has 33 heavy (non-hydrogen) atoms. The second-order valence-electron chi connectivity index (χ2n) is 8.09. The molecule has 9 heteroatoms. The van der Waals surface area contributed by atoms with Gasteiger partial charge in [-0.25, -0.2) is 8.42 Å². The maximum atomic E-state index is 13.5. The molecule has 174 valence electrons. The van der Waals surface area contributed by atoms with Crippen molar-refractivity contribution >= 4 is 26.7 Å². The van der Waals surface area contributed by atoms with E-state index in [2.05, 4.69) is 4.98 Å². The molecule has 2 heterocycles. The Labute approximate surface area is 192 Å². The van der Waals surface area contributed by atoms with E-state index in [9.17, 15) is 18.0 Å². The Hall–Kier alpha value is -3.01. The lowest BCUT2D eigenvalue weighted by atomic mass is 10.1. The normalized spacial score (nSPS) is 16.4. The van der Waals surface area contributed by atoms with Crippen LogP contribution < -0.4 is 10.3 Å². The van der Waals surface area contributed by atoms with Gasteiger partial charge in [0, 0.05) is 41.7 Å². The van der Waals surface area contributed by atoms with Crippen molar-refractivity contribution in [3.8, 4) is 5.75 Å². The zero-order valence-corrected chi connectivity index (χ0v) is 19.4. The van der Waals surface area contributed by atoms with Crippen molar-refractivity contribution in [2.24, 2.45) is 0 Å². The molecule has 1 unspecified atom stereocenters. The molecule has 1 aliphatic rings. The lowest BCUT2D eigenvalue weighted by Crippen LogP contribution is -2.38. The number of benzene rings is 2. The van der Waals surface area contributed by atoms with Crippen LogP contribution in [0.4, 0.5) is 0 Å². The van der Waals surface area contributed by atoms with Crippen LogP contribution in [0.1, 0.15) is 35.7 Å². The number of fused-ring (bicyclic) bond motifs is 1. The van der Waals surface area contributed by atoms with E-state index in [1.165, 1.54) is 35.5 Å². The molecule has 1 aromatic heterocycles. The second-order valence-corrected chi connectivity index (χ2v) is 10.0. The van der Waals surface area contributed by atoms with Gasteiger partial charge in [-0.05, 0) is 56.2 Å². The molecule has 1 N–H and O–H groups in total. The number of sulfonamides is 1. The molecule has 1 atom stereocenters. The molecule has 1 fully saturated rings. The Morgan fingerprint density at radius 3 is 2.58 bits per heavy atom. The lowest BCUT2D eigenvalue weighted by molar-refractivity contribution is 0.0925. The smallest absolute Gasteiger partial charge is 0.252 e. The van der Waals surface area contributed by atoms with Gasteiger partial charge in [-0.2, -0.15) is 4.31 Å². The molecule has 1 saturated heterocycles. The van der Waals surface area contributed by atoms with Gasteiger partial charge < -0.3 is 14.5 Å². The molecule has 0 bridgehead atoms. The van der Waals surface area contributed by atoms with E-state index in [1.807, 2.05) is 0 Å². The van der Waals surface area contributed by atoms with Crippen LogP contribution >= 0.6 is 0 Å². The maximum absolute atomic E-state index is 13.5. The van der Waals surface area contributed by atoms with E-state index in [1.54, 1.807) is 31.4 Å². The first-order valence-electron chi connectivity index (χ1n) is 10.7. The molecule has 0 saturated carbocycles. The number of nitrogens with one attached hydrogen (secondary N) is 1. The summed E-state index contributed by atoms with van der Waals surface area (Å²) in [5, 5.41) is 0.740. The van der Waals surface area contributed by atoms with Crippen LogP contribution in [0, 0.1) is 0 Å². The van der Waals surface area contributed by atoms with Gasteiger partial charge in [0.15, 0.2) is 5.78 Å². The fraction of sp³-hybridized carbons (Fsp3) is 0.333. The monoisotopic (exact) mass is 470 g/mol. The van der Waals surface area contributed by atoms with Gasteiger partial charge in [0.05, 0.1) is 18.1 Å². The van der Waals surface area contributed by atoms with Gasteiger partial charge in [-0.3, -0.25) is 9.59 Å². The highest BCUT2D eigenvalue weighted by Gasteiger charge is 2.30. The number of rotatable bonds is 8. The quantitative estimate of drug-likeness (QED) is 0.507. The number of nitrogens with zero attached hydrogens (tertiary/aromatic N) is 1. The predicted octanol–water partition coefficient (Wildman–Crippen LogP) is 3.11. The third-order valence-corrected chi connectivity index (χ3v) is 7.63. The van der Waals surface area contributed by atoms with Crippen LogP contribution in [0.15, 0.2) is 58.2 Å². The number of carbonyl (C=O) groups is 1.